The molecule has 0 spiro atoms. The van der Waals surface area contributed by atoms with Crippen LogP contribution in [0.15, 0.2) is 30.6 Å². The molecule has 0 unspecified atom stereocenters. The molecule has 0 atom stereocenters. The van der Waals surface area contributed by atoms with Gasteiger partial charge in [0.05, 0.1) is 0 Å². The van der Waals surface area contributed by atoms with E-state index in [-0.39, 0.29) is 0 Å². The van der Waals surface area contributed by atoms with Gasteiger partial charge in [0, 0.05) is 24.8 Å². The molecule has 22 heavy (non-hydrogen) atoms. The Hall–Kier alpha value is -2.10. The van der Waals surface area contributed by atoms with Crippen molar-refractivity contribution in [3.8, 4) is 0 Å². The van der Waals surface area contributed by atoms with Crippen LogP contribution in [0.25, 0.3) is 0 Å². The normalized spacial score (nSPS) is 15.9. The lowest BCUT2D eigenvalue weighted by molar-refractivity contribution is 0.436. The molecule has 1 aliphatic rings. The maximum atomic E-state index is 4.44. The van der Waals surface area contributed by atoms with E-state index in [1.807, 2.05) is 0 Å². The summed E-state index contributed by atoms with van der Waals surface area (Å²) in [5, 5.41) is 3.42. The second kappa shape index (κ2) is 6.34. The highest BCUT2D eigenvalue weighted by molar-refractivity contribution is 5.63. The van der Waals surface area contributed by atoms with Crippen molar-refractivity contribution < 1.29 is 0 Å². The zero-order valence-electron chi connectivity index (χ0n) is 13.6. The summed E-state index contributed by atoms with van der Waals surface area (Å²) in [6, 6.07) is 8.46. The molecule has 0 radical (unpaired) electrons. The number of aryl methyl sites for hydroxylation is 2. The van der Waals surface area contributed by atoms with E-state index in [4.69, 9.17) is 0 Å². The van der Waals surface area contributed by atoms with E-state index in [1.54, 1.807) is 6.33 Å². The van der Waals surface area contributed by atoms with Crippen LogP contribution in [0.5, 0.6) is 0 Å². The number of piperidine rings is 1. The average Bonchev–Trinajstić information content (AvgIpc) is 2.52. The molecule has 0 saturated carbocycles. The largest absolute Gasteiger partial charge is 0.356 e. The molecule has 1 aromatic heterocycles. The second-order valence-corrected chi connectivity index (χ2v) is 6.37. The molecule has 0 bridgehead atoms. The summed E-state index contributed by atoms with van der Waals surface area (Å²) in [7, 11) is 0. The highest BCUT2D eigenvalue weighted by Gasteiger charge is 2.17. The van der Waals surface area contributed by atoms with Crippen LogP contribution in [0.4, 0.5) is 17.3 Å². The van der Waals surface area contributed by atoms with E-state index in [2.05, 4.69) is 65.2 Å². The van der Waals surface area contributed by atoms with Gasteiger partial charge in [0.25, 0.3) is 0 Å². The van der Waals surface area contributed by atoms with Gasteiger partial charge in [-0.1, -0.05) is 19.1 Å². The van der Waals surface area contributed by atoms with Crippen LogP contribution in [0, 0.1) is 19.8 Å². The molecule has 4 heteroatoms. The number of rotatable bonds is 3. The molecule has 3 rings (SSSR count). The first-order valence-electron chi connectivity index (χ1n) is 8.03. The highest BCUT2D eigenvalue weighted by Crippen LogP contribution is 2.25. The SMILES string of the molecule is Cc1ccc(C)c(Nc2cc(N3CCC(C)CC3)ncn2)c1. The van der Waals surface area contributed by atoms with Crippen LogP contribution in [-0.4, -0.2) is 23.1 Å². The Morgan fingerprint density at radius 2 is 1.86 bits per heavy atom. The number of nitrogens with zero attached hydrogens (tertiary/aromatic N) is 3. The Morgan fingerprint density at radius 1 is 1.09 bits per heavy atom. The van der Waals surface area contributed by atoms with Crippen molar-refractivity contribution in [2.75, 3.05) is 23.3 Å². The van der Waals surface area contributed by atoms with Gasteiger partial charge < -0.3 is 10.2 Å². The number of nitrogens with one attached hydrogen (secondary N) is 1. The maximum absolute atomic E-state index is 4.44. The van der Waals surface area contributed by atoms with E-state index in [0.29, 0.717) is 0 Å². The van der Waals surface area contributed by atoms with Crippen molar-refractivity contribution in [2.45, 2.75) is 33.6 Å². The minimum atomic E-state index is 0.825. The van der Waals surface area contributed by atoms with Gasteiger partial charge in [0.1, 0.15) is 18.0 Å². The van der Waals surface area contributed by atoms with E-state index in [1.165, 1.54) is 24.0 Å². The molecule has 2 aromatic rings. The smallest absolute Gasteiger partial charge is 0.135 e. The molecule has 1 N–H and O–H groups in total. The first kappa shape index (κ1) is 14.8. The summed E-state index contributed by atoms with van der Waals surface area (Å²) in [6.07, 6.45) is 4.13. The number of hydrogen-bond donors (Lipinski definition) is 1. The zero-order chi connectivity index (χ0) is 15.5. The Balaban J connectivity index is 1.78. The molecule has 2 heterocycles. The van der Waals surface area contributed by atoms with Gasteiger partial charge in [-0.2, -0.15) is 0 Å². The number of anilines is 3. The number of aromatic nitrogens is 2. The summed E-state index contributed by atoms with van der Waals surface area (Å²) in [4.78, 5) is 11.2. The third-order valence-electron chi connectivity index (χ3n) is 4.42. The van der Waals surface area contributed by atoms with Crippen molar-refractivity contribution in [3.63, 3.8) is 0 Å². The van der Waals surface area contributed by atoms with Gasteiger partial charge in [-0.3, -0.25) is 0 Å². The van der Waals surface area contributed by atoms with E-state index < -0.39 is 0 Å². The monoisotopic (exact) mass is 296 g/mol. The third kappa shape index (κ3) is 3.38. The Bertz CT molecular complexity index is 645. The van der Waals surface area contributed by atoms with Crippen molar-refractivity contribution >= 4 is 17.3 Å². The van der Waals surface area contributed by atoms with Crippen molar-refractivity contribution in [3.05, 3.63) is 41.7 Å². The summed E-state index contributed by atoms with van der Waals surface area (Å²) in [5.41, 5.74) is 3.57. The summed E-state index contributed by atoms with van der Waals surface area (Å²) in [5.74, 6) is 2.71. The van der Waals surface area contributed by atoms with Crippen molar-refractivity contribution in [1.82, 2.24) is 9.97 Å². The number of benzene rings is 1. The molecular weight excluding hydrogens is 272 g/mol. The van der Waals surface area contributed by atoms with Crippen molar-refractivity contribution in [2.24, 2.45) is 5.92 Å². The average molecular weight is 296 g/mol. The fourth-order valence-electron chi connectivity index (χ4n) is 2.83. The van der Waals surface area contributed by atoms with E-state index in [9.17, 15) is 0 Å². The van der Waals surface area contributed by atoms with Crippen LogP contribution in [0.1, 0.15) is 30.9 Å². The van der Waals surface area contributed by atoms with Gasteiger partial charge in [-0.05, 0) is 49.8 Å². The van der Waals surface area contributed by atoms with E-state index >= 15 is 0 Å². The lowest BCUT2D eigenvalue weighted by atomic mass is 9.99. The first-order chi connectivity index (χ1) is 10.6. The minimum Gasteiger partial charge on any atom is -0.356 e. The molecule has 0 amide bonds. The molecule has 4 nitrogen and oxygen atoms in total. The zero-order valence-corrected chi connectivity index (χ0v) is 13.6. The van der Waals surface area contributed by atoms with Crippen LogP contribution in [0.3, 0.4) is 0 Å². The highest BCUT2D eigenvalue weighted by atomic mass is 15.2. The molecule has 1 aromatic carbocycles. The lowest BCUT2D eigenvalue weighted by Gasteiger charge is -2.31. The summed E-state index contributed by atoms with van der Waals surface area (Å²) < 4.78 is 0. The maximum Gasteiger partial charge on any atom is 0.135 e. The topological polar surface area (TPSA) is 41.0 Å². The second-order valence-electron chi connectivity index (χ2n) is 6.37. The molecule has 116 valence electrons. The Morgan fingerprint density at radius 3 is 2.64 bits per heavy atom. The van der Waals surface area contributed by atoms with Gasteiger partial charge >= 0.3 is 0 Å². The molecule has 1 saturated heterocycles. The first-order valence-corrected chi connectivity index (χ1v) is 8.03. The fraction of sp³-hybridized carbons (Fsp3) is 0.444. The molecule has 1 aliphatic heterocycles. The van der Waals surface area contributed by atoms with Gasteiger partial charge in [0.15, 0.2) is 0 Å². The third-order valence-corrected chi connectivity index (χ3v) is 4.42. The van der Waals surface area contributed by atoms with Crippen molar-refractivity contribution in [1.29, 1.82) is 0 Å². The van der Waals surface area contributed by atoms with Gasteiger partial charge in [-0.25, -0.2) is 9.97 Å². The van der Waals surface area contributed by atoms with Gasteiger partial charge in [-0.15, -0.1) is 0 Å². The lowest BCUT2D eigenvalue weighted by Crippen LogP contribution is -2.33. The number of hydrogen-bond acceptors (Lipinski definition) is 4. The molecule has 1 fully saturated rings. The molecule has 0 aliphatic carbocycles. The Labute approximate surface area is 132 Å². The van der Waals surface area contributed by atoms with Crippen LogP contribution in [-0.2, 0) is 0 Å². The standard InChI is InChI=1S/C18H24N4/c1-13-6-8-22(9-7-13)18-11-17(19-12-20-18)21-16-10-14(2)4-5-15(16)3/h4-5,10-13H,6-9H2,1-3H3,(H,19,20,21). The van der Waals surface area contributed by atoms with E-state index in [0.717, 1.165) is 36.3 Å². The fourth-order valence-corrected chi connectivity index (χ4v) is 2.83. The minimum absolute atomic E-state index is 0.825. The predicted octanol–water partition coefficient (Wildman–Crippen LogP) is 4.07. The van der Waals surface area contributed by atoms with Crippen LogP contribution < -0.4 is 10.2 Å². The van der Waals surface area contributed by atoms with Crippen LogP contribution >= 0.6 is 0 Å². The summed E-state index contributed by atoms with van der Waals surface area (Å²) >= 11 is 0. The predicted molar refractivity (Wildman–Crippen MR) is 91.8 cm³/mol. The molecular formula is C18H24N4. The van der Waals surface area contributed by atoms with Crippen LogP contribution in [0.2, 0.25) is 0 Å². The quantitative estimate of drug-likeness (QED) is 0.927. The Kier molecular flexibility index (Phi) is 4.27. The van der Waals surface area contributed by atoms with Gasteiger partial charge in [0.2, 0.25) is 0 Å². The summed E-state index contributed by atoms with van der Waals surface area (Å²) in [6.45, 7) is 8.70.